The van der Waals surface area contributed by atoms with Crippen molar-refractivity contribution >= 4 is 11.4 Å². The molecule has 0 aliphatic heterocycles. The summed E-state index contributed by atoms with van der Waals surface area (Å²) in [7, 11) is 3.72. The Kier molecular flexibility index (Phi) is 4.28. The predicted molar refractivity (Wildman–Crippen MR) is 65.6 cm³/mol. The van der Waals surface area contributed by atoms with Gasteiger partial charge in [0.1, 0.15) is 5.75 Å². The number of hydrogen-bond acceptors (Lipinski definition) is 3. The molecule has 0 heterocycles. The summed E-state index contributed by atoms with van der Waals surface area (Å²) >= 11 is 0. The highest BCUT2D eigenvalue weighted by Gasteiger charge is 2.06. The Hall–Kier alpha value is -1.38. The van der Waals surface area contributed by atoms with E-state index >= 15 is 0 Å². The number of anilines is 2. The van der Waals surface area contributed by atoms with Crippen molar-refractivity contribution in [1.29, 1.82) is 0 Å². The molecule has 0 spiro atoms. The van der Waals surface area contributed by atoms with Crippen molar-refractivity contribution in [2.45, 2.75) is 19.8 Å². The molecule has 84 valence electrons. The lowest BCUT2D eigenvalue weighted by atomic mass is 10.2. The molecule has 15 heavy (non-hydrogen) atoms. The first-order valence-corrected chi connectivity index (χ1v) is 5.33. The summed E-state index contributed by atoms with van der Waals surface area (Å²) in [6.07, 6.45) is 2.36. The fourth-order valence-electron chi connectivity index (χ4n) is 1.50. The molecule has 0 amide bonds. The minimum absolute atomic E-state index is 0.800. The van der Waals surface area contributed by atoms with Crippen LogP contribution < -0.4 is 15.4 Å². The van der Waals surface area contributed by atoms with E-state index in [-0.39, 0.29) is 0 Å². The number of rotatable bonds is 5. The van der Waals surface area contributed by atoms with Gasteiger partial charge in [-0.25, -0.2) is 0 Å². The maximum absolute atomic E-state index is 5.92. The van der Waals surface area contributed by atoms with E-state index in [1.165, 1.54) is 12.8 Å². The largest absolute Gasteiger partial charge is 0.497 e. The molecule has 0 radical (unpaired) electrons. The van der Waals surface area contributed by atoms with E-state index in [0.717, 1.165) is 23.7 Å². The van der Waals surface area contributed by atoms with Crippen LogP contribution in [0.4, 0.5) is 11.4 Å². The van der Waals surface area contributed by atoms with Crippen LogP contribution >= 0.6 is 0 Å². The highest BCUT2D eigenvalue weighted by atomic mass is 16.5. The molecule has 1 aromatic rings. The first-order chi connectivity index (χ1) is 7.19. The van der Waals surface area contributed by atoms with Gasteiger partial charge in [-0.3, -0.25) is 0 Å². The number of nitrogens with two attached hydrogens (primary N) is 1. The molecule has 1 aromatic carbocycles. The van der Waals surface area contributed by atoms with Crippen LogP contribution in [0.3, 0.4) is 0 Å². The molecule has 3 heteroatoms. The summed E-state index contributed by atoms with van der Waals surface area (Å²) in [4.78, 5) is 2.17. The minimum Gasteiger partial charge on any atom is -0.497 e. The molecule has 0 aliphatic carbocycles. The summed E-state index contributed by atoms with van der Waals surface area (Å²) in [5.41, 5.74) is 7.76. The van der Waals surface area contributed by atoms with Crippen molar-refractivity contribution in [2.75, 3.05) is 31.3 Å². The molecular weight excluding hydrogens is 188 g/mol. The van der Waals surface area contributed by atoms with Gasteiger partial charge >= 0.3 is 0 Å². The standard InChI is InChI=1S/C12H20N2O/c1-4-5-8-14(2)12-9-10(15-3)6-7-11(12)13/h6-7,9H,4-5,8,13H2,1-3H3. The SMILES string of the molecule is CCCCN(C)c1cc(OC)ccc1N. The molecule has 0 unspecified atom stereocenters. The zero-order chi connectivity index (χ0) is 11.3. The molecule has 0 aromatic heterocycles. The van der Waals surface area contributed by atoms with Gasteiger partial charge in [0, 0.05) is 19.7 Å². The lowest BCUT2D eigenvalue weighted by molar-refractivity contribution is 0.415. The van der Waals surface area contributed by atoms with E-state index in [4.69, 9.17) is 10.5 Å². The van der Waals surface area contributed by atoms with Gasteiger partial charge in [0.05, 0.1) is 18.5 Å². The van der Waals surface area contributed by atoms with Gasteiger partial charge in [-0.1, -0.05) is 13.3 Å². The molecule has 2 N–H and O–H groups in total. The van der Waals surface area contributed by atoms with Crippen molar-refractivity contribution in [2.24, 2.45) is 0 Å². The van der Waals surface area contributed by atoms with Crippen LogP contribution in [0, 0.1) is 0 Å². The Morgan fingerprint density at radius 2 is 2.13 bits per heavy atom. The van der Waals surface area contributed by atoms with Crippen molar-refractivity contribution in [1.82, 2.24) is 0 Å². The first kappa shape index (κ1) is 11.7. The molecule has 0 saturated heterocycles. The van der Waals surface area contributed by atoms with Crippen molar-refractivity contribution < 1.29 is 4.74 Å². The number of benzene rings is 1. The fraction of sp³-hybridized carbons (Fsp3) is 0.500. The van der Waals surface area contributed by atoms with Crippen molar-refractivity contribution in [3.05, 3.63) is 18.2 Å². The third-order valence-corrected chi connectivity index (χ3v) is 2.50. The van der Waals surface area contributed by atoms with Crippen LogP contribution in [0.25, 0.3) is 0 Å². The van der Waals surface area contributed by atoms with E-state index in [2.05, 4.69) is 18.9 Å². The van der Waals surface area contributed by atoms with Gasteiger partial charge in [0.15, 0.2) is 0 Å². The van der Waals surface area contributed by atoms with E-state index < -0.39 is 0 Å². The van der Waals surface area contributed by atoms with Crippen LogP contribution in [0.2, 0.25) is 0 Å². The average molecular weight is 208 g/mol. The van der Waals surface area contributed by atoms with Gasteiger partial charge in [-0.15, -0.1) is 0 Å². The lowest BCUT2D eigenvalue weighted by Gasteiger charge is -2.21. The molecule has 0 fully saturated rings. The molecule has 1 rings (SSSR count). The number of ether oxygens (including phenoxy) is 1. The summed E-state index contributed by atoms with van der Waals surface area (Å²) in [6.45, 7) is 3.21. The average Bonchev–Trinajstić information content (AvgIpc) is 2.26. The van der Waals surface area contributed by atoms with Crippen LogP contribution in [0.15, 0.2) is 18.2 Å². The minimum atomic E-state index is 0.800. The highest BCUT2D eigenvalue weighted by Crippen LogP contribution is 2.27. The normalized spacial score (nSPS) is 10.1. The zero-order valence-corrected chi connectivity index (χ0v) is 9.79. The number of hydrogen-bond donors (Lipinski definition) is 1. The van der Waals surface area contributed by atoms with Gasteiger partial charge in [-0.2, -0.15) is 0 Å². The second kappa shape index (κ2) is 5.49. The molecule has 0 atom stereocenters. The Morgan fingerprint density at radius 1 is 1.40 bits per heavy atom. The quantitative estimate of drug-likeness (QED) is 0.756. The Labute approximate surface area is 91.8 Å². The number of nitrogen functional groups attached to an aromatic ring is 1. The summed E-state index contributed by atoms with van der Waals surface area (Å²) in [6, 6.07) is 5.74. The monoisotopic (exact) mass is 208 g/mol. The van der Waals surface area contributed by atoms with Gasteiger partial charge in [0.2, 0.25) is 0 Å². The van der Waals surface area contributed by atoms with E-state index in [1.807, 2.05) is 18.2 Å². The zero-order valence-electron chi connectivity index (χ0n) is 9.79. The van der Waals surface area contributed by atoms with Gasteiger partial charge in [0.25, 0.3) is 0 Å². The number of nitrogens with zero attached hydrogens (tertiary/aromatic N) is 1. The summed E-state index contributed by atoms with van der Waals surface area (Å²) in [5, 5.41) is 0. The highest BCUT2D eigenvalue weighted by molar-refractivity contribution is 5.69. The third kappa shape index (κ3) is 3.05. The fourth-order valence-corrected chi connectivity index (χ4v) is 1.50. The summed E-state index contributed by atoms with van der Waals surface area (Å²) < 4.78 is 5.18. The maximum atomic E-state index is 5.92. The Morgan fingerprint density at radius 3 is 2.73 bits per heavy atom. The molecule has 0 saturated carbocycles. The predicted octanol–water partition coefficient (Wildman–Crippen LogP) is 2.51. The molecule has 0 bridgehead atoms. The molecular formula is C12H20N2O. The van der Waals surface area contributed by atoms with Crippen molar-refractivity contribution in [3.8, 4) is 5.75 Å². The van der Waals surface area contributed by atoms with Crippen LogP contribution in [-0.2, 0) is 0 Å². The van der Waals surface area contributed by atoms with Gasteiger partial charge < -0.3 is 15.4 Å². The van der Waals surface area contributed by atoms with E-state index in [1.54, 1.807) is 7.11 Å². The first-order valence-electron chi connectivity index (χ1n) is 5.33. The molecule has 0 aliphatic rings. The Bertz CT molecular complexity index is 312. The number of unbranched alkanes of at least 4 members (excludes halogenated alkanes) is 1. The Balaban J connectivity index is 2.81. The lowest BCUT2D eigenvalue weighted by Crippen LogP contribution is -2.19. The summed E-state index contributed by atoms with van der Waals surface area (Å²) in [5.74, 6) is 0.850. The van der Waals surface area contributed by atoms with E-state index in [0.29, 0.717) is 0 Å². The third-order valence-electron chi connectivity index (χ3n) is 2.50. The molecule has 3 nitrogen and oxygen atoms in total. The van der Waals surface area contributed by atoms with E-state index in [9.17, 15) is 0 Å². The van der Waals surface area contributed by atoms with Crippen LogP contribution in [0.5, 0.6) is 5.75 Å². The second-order valence-corrected chi connectivity index (χ2v) is 3.70. The smallest absolute Gasteiger partial charge is 0.121 e. The second-order valence-electron chi connectivity index (χ2n) is 3.70. The van der Waals surface area contributed by atoms with Crippen LogP contribution in [-0.4, -0.2) is 20.7 Å². The van der Waals surface area contributed by atoms with Gasteiger partial charge in [-0.05, 0) is 18.6 Å². The maximum Gasteiger partial charge on any atom is 0.121 e. The van der Waals surface area contributed by atoms with Crippen molar-refractivity contribution in [3.63, 3.8) is 0 Å². The topological polar surface area (TPSA) is 38.5 Å². The number of methoxy groups -OCH3 is 1. The van der Waals surface area contributed by atoms with Crippen LogP contribution in [0.1, 0.15) is 19.8 Å².